The molecule has 4 atom stereocenters. The molecular weight excluding hydrogens is 272 g/mol. The fourth-order valence-electron chi connectivity index (χ4n) is 3.83. The molecule has 2 heterocycles. The number of alkyl halides is 1. The van der Waals surface area contributed by atoms with Gasteiger partial charge in [-0.15, -0.1) is 11.6 Å². The van der Waals surface area contributed by atoms with Crippen molar-refractivity contribution in [3.8, 4) is 0 Å². The van der Waals surface area contributed by atoms with E-state index in [-0.39, 0.29) is 11.5 Å². The van der Waals surface area contributed by atoms with Gasteiger partial charge in [-0.05, 0) is 57.2 Å². The quantitative estimate of drug-likeness (QED) is 0.733. The van der Waals surface area contributed by atoms with Crippen molar-refractivity contribution >= 4 is 11.6 Å². The summed E-state index contributed by atoms with van der Waals surface area (Å²) >= 11 is 6.31. The molecule has 3 N–H and O–H groups in total. The molecule has 0 aromatic carbocycles. The Bertz CT molecular complexity index is 443. The fraction of sp³-hybridized carbons (Fsp3) is 0.750. The number of rotatable bonds is 2. The molecule has 0 bridgehead atoms. The molecule has 112 valence electrons. The summed E-state index contributed by atoms with van der Waals surface area (Å²) in [7, 11) is 0. The standard InChI is InChI=1S/C16H25ClN2O/c1-10-6-14(15-4-2-3-5-18-15)16(19-10)11-7-12(17)9-13(20)8-11/h6,11-13,15,18-20H,2-5,7-9H2,1H3. The predicted molar refractivity (Wildman–Crippen MR) is 82.4 cm³/mol. The lowest BCUT2D eigenvalue weighted by Gasteiger charge is -2.31. The van der Waals surface area contributed by atoms with Crippen molar-refractivity contribution in [2.24, 2.45) is 0 Å². The second-order valence-corrected chi connectivity index (χ2v) is 7.10. The average Bonchev–Trinajstić information content (AvgIpc) is 2.81. The van der Waals surface area contributed by atoms with E-state index in [4.69, 9.17) is 11.6 Å². The van der Waals surface area contributed by atoms with Gasteiger partial charge in [0.25, 0.3) is 0 Å². The van der Waals surface area contributed by atoms with E-state index >= 15 is 0 Å². The van der Waals surface area contributed by atoms with Gasteiger partial charge in [-0.2, -0.15) is 0 Å². The molecule has 0 spiro atoms. The van der Waals surface area contributed by atoms with Crippen LogP contribution < -0.4 is 5.32 Å². The molecule has 4 heteroatoms. The van der Waals surface area contributed by atoms with E-state index < -0.39 is 0 Å². The molecule has 1 saturated carbocycles. The summed E-state index contributed by atoms with van der Waals surface area (Å²) in [5.74, 6) is 0.369. The van der Waals surface area contributed by atoms with Crippen molar-refractivity contribution in [2.45, 2.75) is 68.9 Å². The highest BCUT2D eigenvalue weighted by molar-refractivity contribution is 6.20. The third-order valence-corrected chi connectivity index (χ3v) is 5.09. The lowest BCUT2D eigenvalue weighted by atomic mass is 9.82. The van der Waals surface area contributed by atoms with Gasteiger partial charge in [0, 0.05) is 28.7 Å². The van der Waals surface area contributed by atoms with Crippen molar-refractivity contribution in [3.63, 3.8) is 0 Å². The zero-order valence-electron chi connectivity index (χ0n) is 12.2. The van der Waals surface area contributed by atoms with E-state index in [1.807, 2.05) is 0 Å². The first-order valence-electron chi connectivity index (χ1n) is 7.88. The monoisotopic (exact) mass is 296 g/mol. The Morgan fingerprint density at radius 1 is 1.25 bits per heavy atom. The third kappa shape index (κ3) is 3.05. The van der Waals surface area contributed by atoms with Crippen LogP contribution in [0.5, 0.6) is 0 Å². The van der Waals surface area contributed by atoms with Crippen molar-refractivity contribution < 1.29 is 5.11 Å². The lowest BCUT2D eigenvalue weighted by molar-refractivity contribution is 0.120. The summed E-state index contributed by atoms with van der Waals surface area (Å²) in [4.78, 5) is 3.54. The summed E-state index contributed by atoms with van der Waals surface area (Å²) < 4.78 is 0. The molecule has 1 aliphatic heterocycles. The van der Waals surface area contributed by atoms with Crippen molar-refractivity contribution in [1.29, 1.82) is 0 Å². The molecule has 2 aliphatic rings. The van der Waals surface area contributed by atoms with Crippen LogP contribution in [0.15, 0.2) is 6.07 Å². The minimum Gasteiger partial charge on any atom is -0.393 e. The Morgan fingerprint density at radius 3 is 2.80 bits per heavy atom. The first kappa shape index (κ1) is 14.4. The van der Waals surface area contributed by atoms with E-state index in [1.54, 1.807) is 0 Å². The van der Waals surface area contributed by atoms with Crippen LogP contribution in [0.1, 0.15) is 67.4 Å². The van der Waals surface area contributed by atoms with Gasteiger partial charge in [0.1, 0.15) is 0 Å². The van der Waals surface area contributed by atoms with Crippen molar-refractivity contribution in [3.05, 3.63) is 23.0 Å². The van der Waals surface area contributed by atoms with Crippen LogP contribution >= 0.6 is 11.6 Å². The number of aromatic amines is 1. The lowest BCUT2D eigenvalue weighted by Crippen LogP contribution is -2.30. The van der Waals surface area contributed by atoms with Gasteiger partial charge in [-0.3, -0.25) is 0 Å². The Balaban J connectivity index is 1.84. The average molecular weight is 297 g/mol. The number of hydrogen-bond acceptors (Lipinski definition) is 2. The van der Waals surface area contributed by atoms with E-state index in [2.05, 4.69) is 23.3 Å². The van der Waals surface area contributed by atoms with Gasteiger partial charge < -0.3 is 15.4 Å². The van der Waals surface area contributed by atoms with Gasteiger partial charge >= 0.3 is 0 Å². The Morgan fingerprint density at radius 2 is 2.10 bits per heavy atom. The minimum atomic E-state index is -0.257. The number of hydrogen-bond donors (Lipinski definition) is 3. The number of aryl methyl sites for hydroxylation is 1. The van der Waals surface area contributed by atoms with Crippen LogP contribution in [-0.4, -0.2) is 28.1 Å². The van der Waals surface area contributed by atoms with Gasteiger partial charge in [0.2, 0.25) is 0 Å². The zero-order valence-corrected chi connectivity index (χ0v) is 12.9. The molecule has 3 nitrogen and oxygen atoms in total. The Labute approximate surface area is 126 Å². The molecule has 0 radical (unpaired) electrons. The van der Waals surface area contributed by atoms with Crippen LogP contribution in [0.25, 0.3) is 0 Å². The van der Waals surface area contributed by atoms with E-state index in [0.29, 0.717) is 12.0 Å². The van der Waals surface area contributed by atoms with E-state index in [0.717, 1.165) is 25.8 Å². The van der Waals surface area contributed by atoms with Crippen LogP contribution in [0.4, 0.5) is 0 Å². The zero-order chi connectivity index (χ0) is 14.1. The summed E-state index contributed by atoms with van der Waals surface area (Å²) in [6.07, 6.45) is 6.07. The maximum Gasteiger partial charge on any atom is 0.0560 e. The first-order valence-corrected chi connectivity index (χ1v) is 8.32. The molecule has 1 aromatic rings. The first-order chi connectivity index (χ1) is 9.63. The van der Waals surface area contributed by atoms with Crippen molar-refractivity contribution in [2.75, 3.05) is 6.54 Å². The Kier molecular flexibility index (Phi) is 4.39. The molecule has 1 aromatic heterocycles. The maximum atomic E-state index is 10.0. The van der Waals surface area contributed by atoms with E-state index in [1.165, 1.54) is 36.2 Å². The maximum absolute atomic E-state index is 10.0. The predicted octanol–water partition coefficient (Wildman–Crippen LogP) is 3.37. The highest BCUT2D eigenvalue weighted by Gasteiger charge is 2.31. The van der Waals surface area contributed by atoms with Gasteiger partial charge in [-0.1, -0.05) is 6.42 Å². The van der Waals surface area contributed by atoms with Crippen molar-refractivity contribution in [1.82, 2.24) is 10.3 Å². The van der Waals surface area contributed by atoms with Crippen LogP contribution in [-0.2, 0) is 0 Å². The smallest absolute Gasteiger partial charge is 0.0560 e. The molecular formula is C16H25ClN2O. The number of H-pyrrole nitrogens is 1. The molecule has 4 unspecified atom stereocenters. The largest absolute Gasteiger partial charge is 0.393 e. The SMILES string of the molecule is Cc1cc(C2CCCCN2)c(C2CC(O)CC(Cl)C2)[nH]1. The summed E-state index contributed by atoms with van der Waals surface area (Å²) in [6.45, 7) is 3.23. The summed E-state index contributed by atoms with van der Waals surface area (Å²) in [5, 5.41) is 13.7. The molecule has 1 saturated heterocycles. The van der Waals surface area contributed by atoms with Gasteiger partial charge in [0.15, 0.2) is 0 Å². The number of aliphatic hydroxyl groups excluding tert-OH is 1. The molecule has 3 rings (SSSR count). The second kappa shape index (κ2) is 6.08. The minimum absolute atomic E-state index is 0.0968. The van der Waals surface area contributed by atoms with Crippen LogP contribution in [0.3, 0.4) is 0 Å². The summed E-state index contributed by atoms with van der Waals surface area (Å²) in [5.41, 5.74) is 3.94. The number of halogens is 1. The summed E-state index contributed by atoms with van der Waals surface area (Å²) in [6, 6.07) is 2.75. The molecule has 2 fully saturated rings. The number of piperidine rings is 1. The molecule has 1 aliphatic carbocycles. The molecule has 0 amide bonds. The van der Waals surface area contributed by atoms with Gasteiger partial charge in [-0.25, -0.2) is 0 Å². The number of nitrogens with one attached hydrogen (secondary N) is 2. The van der Waals surface area contributed by atoms with Gasteiger partial charge in [0.05, 0.1) is 6.10 Å². The number of aromatic nitrogens is 1. The topological polar surface area (TPSA) is 48.0 Å². The highest BCUT2D eigenvalue weighted by atomic mass is 35.5. The van der Waals surface area contributed by atoms with Crippen LogP contribution in [0, 0.1) is 6.92 Å². The third-order valence-electron chi connectivity index (χ3n) is 4.73. The second-order valence-electron chi connectivity index (χ2n) is 6.48. The number of aliphatic hydroxyl groups is 1. The molecule has 20 heavy (non-hydrogen) atoms. The normalized spacial score (nSPS) is 35.1. The fourth-order valence-corrected chi connectivity index (χ4v) is 4.25. The van der Waals surface area contributed by atoms with E-state index in [9.17, 15) is 5.11 Å². The highest BCUT2D eigenvalue weighted by Crippen LogP contribution is 2.39. The van der Waals surface area contributed by atoms with Crippen LogP contribution in [0.2, 0.25) is 0 Å². The Hall–Kier alpha value is -0.510.